The van der Waals surface area contributed by atoms with Gasteiger partial charge in [-0.3, -0.25) is 18.7 Å². The minimum atomic E-state index is -0.454. The molecular weight excluding hydrogens is 262 g/mol. The largest absolute Gasteiger partial charge is 0.352 e. The average molecular weight is 277 g/mol. The van der Waals surface area contributed by atoms with E-state index in [1.165, 1.54) is 22.5 Å². The summed E-state index contributed by atoms with van der Waals surface area (Å²) < 4.78 is 3.86. The summed E-state index contributed by atoms with van der Waals surface area (Å²) >= 11 is 0. The Balaban J connectivity index is 2.06. The van der Waals surface area contributed by atoms with Crippen LogP contribution in [0, 0.1) is 0 Å². The van der Waals surface area contributed by atoms with Crippen molar-refractivity contribution < 1.29 is 4.79 Å². The van der Waals surface area contributed by atoms with Gasteiger partial charge in [0.15, 0.2) is 5.52 Å². The van der Waals surface area contributed by atoms with Crippen molar-refractivity contribution in [3.05, 3.63) is 27.2 Å². The van der Waals surface area contributed by atoms with Crippen molar-refractivity contribution in [2.75, 3.05) is 0 Å². The number of imidazole rings is 1. The van der Waals surface area contributed by atoms with Crippen molar-refractivity contribution in [1.82, 2.24) is 24.0 Å². The maximum Gasteiger partial charge on any atom is 0.332 e. The van der Waals surface area contributed by atoms with Gasteiger partial charge in [0.05, 0.1) is 6.33 Å². The Morgan fingerprint density at radius 3 is 2.70 bits per heavy atom. The van der Waals surface area contributed by atoms with Crippen LogP contribution in [0.5, 0.6) is 0 Å². The van der Waals surface area contributed by atoms with E-state index in [-0.39, 0.29) is 24.0 Å². The van der Waals surface area contributed by atoms with Gasteiger partial charge >= 0.3 is 5.69 Å². The van der Waals surface area contributed by atoms with E-state index >= 15 is 0 Å². The van der Waals surface area contributed by atoms with Crippen LogP contribution in [0.3, 0.4) is 0 Å². The second-order valence-corrected chi connectivity index (χ2v) is 5.09. The SMILES string of the molecule is Cn1c(=O)c2ncn(CC(=O)NC3CC3)c2n(C)c1=O. The second-order valence-electron chi connectivity index (χ2n) is 5.09. The number of fused-ring (bicyclic) bond motifs is 1. The van der Waals surface area contributed by atoms with Gasteiger partial charge < -0.3 is 9.88 Å². The molecule has 0 bridgehead atoms. The molecule has 0 saturated heterocycles. The van der Waals surface area contributed by atoms with E-state index in [2.05, 4.69) is 10.3 Å². The molecule has 1 fully saturated rings. The molecule has 0 aliphatic heterocycles. The maximum absolute atomic E-state index is 12.0. The quantitative estimate of drug-likeness (QED) is 0.756. The standard InChI is InChI=1S/C12H15N5O3/c1-15-10-9(11(19)16(2)12(15)20)13-6-17(10)5-8(18)14-7-3-4-7/h6-7H,3-5H2,1-2H3,(H,14,18). The summed E-state index contributed by atoms with van der Waals surface area (Å²) in [5, 5.41) is 2.86. The van der Waals surface area contributed by atoms with Gasteiger partial charge in [-0.25, -0.2) is 9.78 Å². The highest BCUT2D eigenvalue weighted by molar-refractivity contribution is 5.79. The Morgan fingerprint density at radius 2 is 2.05 bits per heavy atom. The van der Waals surface area contributed by atoms with Crippen LogP contribution in [0.2, 0.25) is 0 Å². The van der Waals surface area contributed by atoms with E-state index in [0.717, 1.165) is 17.4 Å². The molecule has 0 radical (unpaired) electrons. The number of rotatable bonds is 3. The summed E-state index contributed by atoms with van der Waals surface area (Å²) in [6.07, 6.45) is 3.43. The molecule has 8 nitrogen and oxygen atoms in total. The minimum absolute atomic E-state index is 0.0491. The third-order valence-electron chi connectivity index (χ3n) is 3.47. The lowest BCUT2D eigenvalue weighted by Gasteiger charge is -2.08. The molecule has 2 aromatic heterocycles. The zero-order valence-corrected chi connectivity index (χ0v) is 11.3. The van der Waals surface area contributed by atoms with Crippen LogP contribution in [-0.2, 0) is 25.4 Å². The van der Waals surface area contributed by atoms with Crippen molar-refractivity contribution in [2.45, 2.75) is 25.4 Å². The number of amides is 1. The number of hydrogen-bond acceptors (Lipinski definition) is 4. The monoisotopic (exact) mass is 277 g/mol. The zero-order chi connectivity index (χ0) is 14.4. The molecule has 0 aromatic carbocycles. The molecular formula is C12H15N5O3. The van der Waals surface area contributed by atoms with E-state index in [0.29, 0.717) is 5.65 Å². The number of aromatic nitrogens is 4. The number of carbonyl (C=O) groups is 1. The second kappa shape index (κ2) is 4.32. The average Bonchev–Trinajstić information content (AvgIpc) is 3.12. The van der Waals surface area contributed by atoms with Gasteiger partial charge in [-0.1, -0.05) is 0 Å². The van der Waals surface area contributed by atoms with Gasteiger partial charge in [-0.15, -0.1) is 0 Å². The fraction of sp³-hybridized carbons (Fsp3) is 0.500. The Bertz CT molecular complexity index is 809. The molecule has 1 aliphatic rings. The third kappa shape index (κ3) is 1.93. The molecule has 3 rings (SSSR count). The normalized spacial score (nSPS) is 14.7. The van der Waals surface area contributed by atoms with E-state index in [1.807, 2.05) is 0 Å². The van der Waals surface area contributed by atoms with Gasteiger partial charge in [0, 0.05) is 20.1 Å². The molecule has 1 N–H and O–H groups in total. The summed E-state index contributed by atoms with van der Waals surface area (Å²) in [5.74, 6) is -0.139. The Morgan fingerprint density at radius 1 is 1.35 bits per heavy atom. The Hall–Kier alpha value is -2.38. The Labute approximate surface area is 113 Å². The van der Waals surface area contributed by atoms with E-state index in [1.54, 1.807) is 7.05 Å². The van der Waals surface area contributed by atoms with Crippen LogP contribution >= 0.6 is 0 Å². The van der Waals surface area contributed by atoms with Gasteiger partial charge in [-0.2, -0.15) is 0 Å². The smallest absolute Gasteiger partial charge is 0.332 e. The molecule has 2 aromatic rings. The van der Waals surface area contributed by atoms with Crippen molar-refractivity contribution in [2.24, 2.45) is 14.1 Å². The van der Waals surface area contributed by atoms with Crippen molar-refractivity contribution in [3.63, 3.8) is 0 Å². The maximum atomic E-state index is 12.0. The van der Waals surface area contributed by atoms with Crippen molar-refractivity contribution >= 4 is 17.1 Å². The Kier molecular flexibility index (Phi) is 2.73. The van der Waals surface area contributed by atoms with Gasteiger partial charge in [0.2, 0.25) is 5.91 Å². The van der Waals surface area contributed by atoms with Gasteiger partial charge in [0.25, 0.3) is 5.56 Å². The van der Waals surface area contributed by atoms with Crippen LogP contribution in [0.4, 0.5) is 0 Å². The molecule has 106 valence electrons. The fourth-order valence-electron chi connectivity index (χ4n) is 2.21. The predicted octanol–water partition coefficient (Wildman–Crippen LogP) is -1.29. The van der Waals surface area contributed by atoms with Crippen molar-refractivity contribution in [3.8, 4) is 0 Å². The summed E-state index contributed by atoms with van der Waals surface area (Å²) in [4.78, 5) is 39.7. The molecule has 2 heterocycles. The summed E-state index contributed by atoms with van der Waals surface area (Å²) in [5.41, 5.74) is -0.339. The lowest BCUT2D eigenvalue weighted by atomic mass is 10.5. The van der Waals surface area contributed by atoms with Crippen molar-refractivity contribution in [1.29, 1.82) is 0 Å². The van der Waals surface area contributed by atoms with Crippen LogP contribution in [-0.4, -0.2) is 30.6 Å². The molecule has 0 unspecified atom stereocenters. The number of nitrogens with one attached hydrogen (secondary N) is 1. The summed E-state index contributed by atoms with van der Waals surface area (Å²) in [6.45, 7) is 0.0491. The molecule has 0 spiro atoms. The summed E-state index contributed by atoms with van der Waals surface area (Å²) in [6, 6.07) is 0.272. The van der Waals surface area contributed by atoms with Crippen LogP contribution < -0.4 is 16.6 Å². The van der Waals surface area contributed by atoms with Gasteiger partial charge in [-0.05, 0) is 12.8 Å². The topological polar surface area (TPSA) is 90.9 Å². The first-order valence-electron chi connectivity index (χ1n) is 6.39. The fourth-order valence-corrected chi connectivity index (χ4v) is 2.21. The van der Waals surface area contributed by atoms with Crippen LogP contribution in [0.25, 0.3) is 11.2 Å². The van der Waals surface area contributed by atoms with Crippen LogP contribution in [0.1, 0.15) is 12.8 Å². The first kappa shape index (κ1) is 12.6. The predicted molar refractivity (Wildman–Crippen MR) is 71.4 cm³/mol. The lowest BCUT2D eigenvalue weighted by molar-refractivity contribution is -0.121. The molecule has 1 saturated carbocycles. The lowest BCUT2D eigenvalue weighted by Crippen LogP contribution is -2.38. The number of carbonyl (C=O) groups excluding carboxylic acids is 1. The molecule has 0 atom stereocenters. The zero-order valence-electron chi connectivity index (χ0n) is 11.3. The number of aryl methyl sites for hydroxylation is 1. The van der Waals surface area contributed by atoms with Gasteiger partial charge in [0.1, 0.15) is 12.2 Å². The number of nitrogens with zero attached hydrogens (tertiary/aromatic N) is 4. The highest BCUT2D eigenvalue weighted by Gasteiger charge is 2.24. The summed E-state index contributed by atoms with van der Waals surface area (Å²) in [7, 11) is 2.96. The molecule has 8 heteroatoms. The van der Waals surface area contributed by atoms with E-state index in [4.69, 9.17) is 0 Å². The molecule has 20 heavy (non-hydrogen) atoms. The van der Waals surface area contributed by atoms with Crippen LogP contribution in [0.15, 0.2) is 15.9 Å². The molecule has 1 amide bonds. The minimum Gasteiger partial charge on any atom is -0.352 e. The highest BCUT2D eigenvalue weighted by Crippen LogP contribution is 2.18. The first-order valence-corrected chi connectivity index (χ1v) is 6.39. The van der Waals surface area contributed by atoms with E-state index < -0.39 is 11.2 Å². The molecule has 1 aliphatic carbocycles. The number of hydrogen-bond donors (Lipinski definition) is 1. The van der Waals surface area contributed by atoms with E-state index in [9.17, 15) is 14.4 Å². The first-order chi connectivity index (χ1) is 9.49. The highest BCUT2D eigenvalue weighted by atomic mass is 16.2. The third-order valence-corrected chi connectivity index (χ3v) is 3.47.